The fourth-order valence-electron chi connectivity index (χ4n) is 5.44. The third-order valence-electron chi connectivity index (χ3n) is 7.11. The lowest BCUT2D eigenvalue weighted by molar-refractivity contribution is 0.0243. The van der Waals surface area contributed by atoms with E-state index in [0.717, 1.165) is 32.1 Å². The molecule has 33 heavy (non-hydrogen) atoms. The van der Waals surface area contributed by atoms with E-state index in [9.17, 15) is 13.0 Å². The molecular weight excluding hydrogens is 508 g/mol. The molecular formula is C20H40Cl2N5O4PS. The van der Waals surface area contributed by atoms with E-state index in [1.165, 1.54) is 0 Å². The molecule has 0 amide bonds. The molecule has 1 saturated heterocycles. The van der Waals surface area contributed by atoms with Gasteiger partial charge in [0, 0.05) is 37.4 Å². The zero-order valence-electron chi connectivity index (χ0n) is 19.7. The third-order valence-corrected chi connectivity index (χ3v) is 11.6. The molecule has 3 fully saturated rings. The number of rotatable bonds is 9. The van der Waals surface area contributed by atoms with E-state index in [4.69, 9.17) is 27.9 Å². The predicted molar refractivity (Wildman–Crippen MR) is 135 cm³/mol. The van der Waals surface area contributed by atoms with Crippen molar-refractivity contribution >= 4 is 40.4 Å². The lowest BCUT2D eigenvalue weighted by atomic mass is 9.89. The molecule has 3 aliphatic rings. The first-order valence-electron chi connectivity index (χ1n) is 11.8. The Morgan fingerprint density at radius 1 is 1.09 bits per heavy atom. The molecule has 1 heterocycles. The van der Waals surface area contributed by atoms with Crippen LogP contribution >= 0.6 is 30.3 Å². The molecule has 2 saturated carbocycles. The quantitative estimate of drug-likeness (QED) is 0.218. The maximum Gasteiger partial charge on any atom is 0.225 e. The molecule has 5 N–H and O–H groups in total. The number of methoxy groups -OCH3 is 1. The summed E-state index contributed by atoms with van der Waals surface area (Å²) in [4.78, 5) is 0. The summed E-state index contributed by atoms with van der Waals surface area (Å²) in [6.07, 6.45) is 5.88. The van der Waals surface area contributed by atoms with Crippen LogP contribution in [-0.2, 0) is 19.3 Å². The molecule has 9 nitrogen and oxygen atoms in total. The summed E-state index contributed by atoms with van der Waals surface area (Å²) in [5, 5.41) is 13.5. The van der Waals surface area contributed by atoms with Gasteiger partial charge in [0.25, 0.3) is 0 Å². The highest BCUT2D eigenvalue weighted by Gasteiger charge is 2.39. The highest BCUT2D eigenvalue weighted by molar-refractivity contribution is 7.90. The fraction of sp³-hybridized carbons (Fsp3) is 1.00. The predicted octanol–water partition coefficient (Wildman–Crippen LogP) is 1.56. The Bertz CT molecular complexity index is 788. The Morgan fingerprint density at radius 3 is 2.48 bits per heavy atom. The van der Waals surface area contributed by atoms with Crippen LogP contribution in [0.5, 0.6) is 0 Å². The average molecular weight is 549 g/mol. The zero-order chi connectivity index (χ0) is 24.2. The van der Waals surface area contributed by atoms with Crippen LogP contribution in [0.2, 0.25) is 0 Å². The molecule has 194 valence electrons. The number of sulfonamides is 1. The second-order valence-corrected chi connectivity index (χ2v) is 16.4. The molecule has 0 spiro atoms. The lowest BCUT2D eigenvalue weighted by Crippen LogP contribution is -2.72. The van der Waals surface area contributed by atoms with Crippen LogP contribution in [0.3, 0.4) is 0 Å². The fourth-order valence-corrected chi connectivity index (χ4v) is 8.55. The first kappa shape index (κ1) is 28.1. The molecule has 0 aromatic heterocycles. The maximum absolute atomic E-state index is 12.9. The van der Waals surface area contributed by atoms with Crippen LogP contribution in [0.25, 0.3) is 0 Å². The summed E-state index contributed by atoms with van der Waals surface area (Å²) < 4.78 is 45.1. The van der Waals surface area contributed by atoms with E-state index in [2.05, 4.69) is 26.0 Å². The van der Waals surface area contributed by atoms with Crippen LogP contribution in [0.15, 0.2) is 0 Å². The van der Waals surface area contributed by atoms with Crippen molar-refractivity contribution in [2.75, 3.05) is 32.2 Å². The van der Waals surface area contributed by atoms with Gasteiger partial charge in [-0.15, -0.1) is 23.2 Å². The van der Waals surface area contributed by atoms with E-state index in [0.29, 0.717) is 19.4 Å². The van der Waals surface area contributed by atoms with E-state index in [1.807, 2.05) is 13.3 Å². The molecule has 3 rings (SSSR count). The number of alkyl halides is 2. The van der Waals surface area contributed by atoms with Crippen LogP contribution < -0.4 is 26.0 Å². The minimum atomic E-state index is -3.48. The standard InChI is InChI=1S/C20H40Cl2N5O4PS/c1-31-17-9-8-13(27-33(29,30)12-21)10-16(17)25-20-23-11-14(22)19(26-20)24-15-6-4-5-7-18(15)32(2,3)28/h13-20,23-27H,4-12H2,1-3H3. The molecule has 0 aromatic carbocycles. The molecule has 1 aliphatic heterocycles. The summed E-state index contributed by atoms with van der Waals surface area (Å²) in [5.74, 6) is 0. The second kappa shape index (κ2) is 12.2. The van der Waals surface area contributed by atoms with Crippen molar-refractivity contribution in [3.05, 3.63) is 0 Å². The van der Waals surface area contributed by atoms with Crippen molar-refractivity contribution in [3.8, 4) is 0 Å². The number of halogens is 2. The van der Waals surface area contributed by atoms with E-state index in [-0.39, 0.29) is 47.7 Å². The van der Waals surface area contributed by atoms with Crippen molar-refractivity contribution in [1.82, 2.24) is 26.0 Å². The van der Waals surface area contributed by atoms with Gasteiger partial charge < -0.3 is 9.30 Å². The molecule has 0 aromatic rings. The number of nitrogens with one attached hydrogen (secondary N) is 5. The average Bonchev–Trinajstić information content (AvgIpc) is 2.76. The van der Waals surface area contributed by atoms with Gasteiger partial charge in [0.15, 0.2) is 0 Å². The van der Waals surface area contributed by atoms with E-state index in [1.54, 1.807) is 7.11 Å². The normalized spacial score (nSPS) is 38.8. The van der Waals surface area contributed by atoms with Gasteiger partial charge in [-0.2, -0.15) is 0 Å². The number of ether oxygens (including phenoxy) is 1. The summed E-state index contributed by atoms with van der Waals surface area (Å²) in [6.45, 7) is 4.38. The van der Waals surface area contributed by atoms with Gasteiger partial charge in [-0.1, -0.05) is 12.8 Å². The Morgan fingerprint density at radius 2 is 1.82 bits per heavy atom. The first-order chi connectivity index (χ1) is 15.5. The minimum absolute atomic E-state index is 0.0284. The molecule has 0 radical (unpaired) electrons. The largest absolute Gasteiger partial charge is 0.380 e. The maximum atomic E-state index is 12.9. The monoisotopic (exact) mass is 547 g/mol. The van der Waals surface area contributed by atoms with Crippen LogP contribution in [-0.4, -0.2) is 88.3 Å². The van der Waals surface area contributed by atoms with E-state index < -0.39 is 22.4 Å². The summed E-state index contributed by atoms with van der Waals surface area (Å²) in [6, 6.07) is -0.0757. The van der Waals surface area contributed by atoms with Gasteiger partial charge in [-0.05, 0) is 45.4 Å². The van der Waals surface area contributed by atoms with Crippen LogP contribution in [0.1, 0.15) is 44.9 Å². The molecule has 2 aliphatic carbocycles. The van der Waals surface area contributed by atoms with Gasteiger partial charge in [0.05, 0.1) is 24.8 Å². The lowest BCUT2D eigenvalue weighted by Gasteiger charge is -2.44. The summed E-state index contributed by atoms with van der Waals surface area (Å²) >= 11 is 12.2. The van der Waals surface area contributed by atoms with Gasteiger partial charge >= 0.3 is 0 Å². The van der Waals surface area contributed by atoms with Crippen LogP contribution in [0.4, 0.5) is 0 Å². The topological polar surface area (TPSA) is 121 Å². The highest BCUT2D eigenvalue weighted by Crippen LogP contribution is 2.49. The van der Waals surface area contributed by atoms with Gasteiger partial charge in [0.2, 0.25) is 10.0 Å². The van der Waals surface area contributed by atoms with Crippen molar-refractivity contribution in [2.24, 2.45) is 0 Å². The Kier molecular flexibility index (Phi) is 10.4. The summed E-state index contributed by atoms with van der Waals surface area (Å²) in [7, 11) is -4.02. The molecule has 8 unspecified atom stereocenters. The highest BCUT2D eigenvalue weighted by atomic mass is 35.5. The van der Waals surface area contributed by atoms with Crippen molar-refractivity contribution in [1.29, 1.82) is 0 Å². The summed E-state index contributed by atoms with van der Waals surface area (Å²) in [5.41, 5.74) is 0.171. The van der Waals surface area contributed by atoms with Crippen molar-refractivity contribution < 1.29 is 17.7 Å². The second-order valence-electron chi connectivity index (χ2n) is 9.96. The SMILES string of the molecule is COC1CCC(NS(=O)(=O)CCl)CC1NC1NCC(Cl)C(NC2CCCCC2P(C)(C)=O)N1. The minimum Gasteiger partial charge on any atom is -0.380 e. The van der Waals surface area contributed by atoms with Gasteiger partial charge in [0.1, 0.15) is 11.5 Å². The zero-order valence-corrected chi connectivity index (χ0v) is 22.9. The Labute approximate surface area is 208 Å². The third kappa shape index (κ3) is 8.00. The Balaban J connectivity index is 1.61. The van der Waals surface area contributed by atoms with Crippen molar-refractivity contribution in [2.45, 2.75) is 92.7 Å². The van der Waals surface area contributed by atoms with Crippen molar-refractivity contribution in [3.63, 3.8) is 0 Å². The van der Waals surface area contributed by atoms with Gasteiger partial charge in [-0.3, -0.25) is 21.3 Å². The Hall–Kier alpha value is 0.520. The number of hydrogen-bond donors (Lipinski definition) is 5. The molecule has 13 heteroatoms. The molecule has 0 bridgehead atoms. The first-order valence-corrected chi connectivity index (χ1v) is 17.1. The molecule has 8 atom stereocenters. The number of hydrogen-bond acceptors (Lipinski definition) is 8. The van der Waals surface area contributed by atoms with Crippen LogP contribution in [0, 0.1) is 0 Å². The smallest absolute Gasteiger partial charge is 0.225 e. The van der Waals surface area contributed by atoms with Gasteiger partial charge in [-0.25, -0.2) is 13.1 Å². The van der Waals surface area contributed by atoms with E-state index >= 15 is 0 Å².